The minimum Gasteiger partial charge on any atom is -0.325 e. The van der Waals surface area contributed by atoms with Crippen molar-refractivity contribution in [1.82, 2.24) is 4.72 Å². The van der Waals surface area contributed by atoms with Gasteiger partial charge in [-0.2, -0.15) is 0 Å². The molecule has 0 aliphatic carbocycles. The number of sulfonamides is 1. The number of anilines is 1. The van der Waals surface area contributed by atoms with Gasteiger partial charge in [0.2, 0.25) is 15.9 Å². The maximum atomic E-state index is 11.9. The average molecular weight is 378 g/mol. The molecule has 1 fully saturated rings. The van der Waals surface area contributed by atoms with Gasteiger partial charge in [-0.05, 0) is 37.7 Å². The summed E-state index contributed by atoms with van der Waals surface area (Å²) in [6.07, 6.45) is 0.580. The van der Waals surface area contributed by atoms with Crippen LogP contribution >= 0.6 is 11.8 Å². The van der Waals surface area contributed by atoms with E-state index in [1.165, 1.54) is 43.1 Å². The third-order valence-corrected chi connectivity index (χ3v) is 8.07. The van der Waals surface area contributed by atoms with Gasteiger partial charge in [-0.1, -0.05) is 0 Å². The molecule has 0 unspecified atom stereocenters. The van der Waals surface area contributed by atoms with Crippen molar-refractivity contribution in [3.63, 3.8) is 0 Å². The Morgan fingerprint density at radius 3 is 2.48 bits per heavy atom. The van der Waals surface area contributed by atoms with Crippen molar-refractivity contribution in [2.75, 3.05) is 29.6 Å². The van der Waals surface area contributed by atoms with Crippen LogP contribution in [0.25, 0.3) is 0 Å². The fraction of sp³-hybridized carbons (Fsp3) is 0.462. The molecule has 10 heteroatoms. The highest BCUT2D eigenvalue weighted by molar-refractivity contribution is 8.02. The Balaban J connectivity index is 1.86. The number of thioether (sulfide) groups is 1. The quantitative estimate of drug-likeness (QED) is 0.744. The second kappa shape index (κ2) is 7.20. The molecule has 1 aliphatic heterocycles. The Kier molecular flexibility index (Phi) is 5.71. The third-order valence-electron chi connectivity index (χ3n) is 3.36. The summed E-state index contributed by atoms with van der Waals surface area (Å²) in [5.74, 6) is 0.231. The van der Waals surface area contributed by atoms with Gasteiger partial charge in [0, 0.05) is 10.9 Å². The van der Waals surface area contributed by atoms with Crippen LogP contribution in [0, 0.1) is 0 Å². The van der Waals surface area contributed by atoms with E-state index >= 15 is 0 Å². The van der Waals surface area contributed by atoms with Crippen molar-refractivity contribution in [2.24, 2.45) is 0 Å². The summed E-state index contributed by atoms with van der Waals surface area (Å²) in [6.45, 7) is 0. The average Bonchev–Trinajstić information content (AvgIpc) is 2.85. The van der Waals surface area contributed by atoms with E-state index in [0.29, 0.717) is 12.1 Å². The predicted molar refractivity (Wildman–Crippen MR) is 90.8 cm³/mol. The molecule has 1 saturated heterocycles. The Bertz CT molecular complexity index is 772. The maximum Gasteiger partial charge on any atom is 0.240 e. The Hall–Kier alpha value is -1.10. The lowest BCUT2D eigenvalue weighted by Gasteiger charge is -2.09. The van der Waals surface area contributed by atoms with Crippen LogP contribution < -0.4 is 10.0 Å². The molecule has 2 rings (SSSR count). The van der Waals surface area contributed by atoms with Gasteiger partial charge >= 0.3 is 0 Å². The molecule has 1 amide bonds. The van der Waals surface area contributed by atoms with Crippen molar-refractivity contribution in [3.05, 3.63) is 24.3 Å². The molecule has 0 spiro atoms. The van der Waals surface area contributed by atoms with Gasteiger partial charge in [0.15, 0.2) is 9.84 Å². The summed E-state index contributed by atoms with van der Waals surface area (Å²) in [6, 6.07) is 5.82. The summed E-state index contributed by atoms with van der Waals surface area (Å²) < 4.78 is 48.1. The molecule has 0 bridgehead atoms. The van der Waals surface area contributed by atoms with E-state index in [9.17, 15) is 21.6 Å². The lowest BCUT2D eigenvalue weighted by molar-refractivity contribution is -0.113. The first kappa shape index (κ1) is 18.2. The molecule has 1 aromatic rings. The summed E-state index contributed by atoms with van der Waals surface area (Å²) in [4.78, 5) is 12.0. The van der Waals surface area contributed by atoms with Gasteiger partial charge in [0.25, 0.3) is 0 Å². The zero-order chi connectivity index (χ0) is 17.1. The summed E-state index contributed by atoms with van der Waals surface area (Å²) in [7, 11) is -5.11. The number of amides is 1. The van der Waals surface area contributed by atoms with Crippen molar-refractivity contribution in [2.45, 2.75) is 16.6 Å². The second-order valence-corrected chi connectivity index (χ2v) is 10.5. The van der Waals surface area contributed by atoms with E-state index < -0.39 is 19.9 Å². The van der Waals surface area contributed by atoms with E-state index in [-0.39, 0.29) is 33.3 Å². The van der Waals surface area contributed by atoms with Crippen LogP contribution in [0.4, 0.5) is 5.69 Å². The number of nitrogens with one attached hydrogen (secondary N) is 2. The first-order valence-corrected chi connectivity index (χ1v) is 11.2. The molecule has 1 aromatic carbocycles. The van der Waals surface area contributed by atoms with Crippen LogP contribution in [0.15, 0.2) is 29.2 Å². The molecule has 1 heterocycles. The van der Waals surface area contributed by atoms with E-state index in [2.05, 4.69) is 10.0 Å². The standard InChI is InChI=1S/C13H18N2O5S3/c1-14-23(19,20)12-4-2-10(3-5-12)15-13(16)8-21-11-6-7-22(17,18)9-11/h2-5,11,14H,6-9H2,1H3,(H,15,16)/t11-/m1/s1. The SMILES string of the molecule is CNS(=O)(=O)c1ccc(NC(=O)CS[C@@H]2CCS(=O)(=O)C2)cc1. The van der Waals surface area contributed by atoms with Gasteiger partial charge in [-0.15, -0.1) is 11.8 Å². The number of carbonyl (C=O) groups excluding carboxylic acids is 1. The van der Waals surface area contributed by atoms with Crippen LogP contribution in [0.1, 0.15) is 6.42 Å². The minimum atomic E-state index is -3.50. The third kappa shape index (κ3) is 5.20. The van der Waals surface area contributed by atoms with E-state index in [4.69, 9.17) is 0 Å². The van der Waals surface area contributed by atoms with Crippen molar-refractivity contribution < 1.29 is 21.6 Å². The van der Waals surface area contributed by atoms with Crippen LogP contribution in [0.2, 0.25) is 0 Å². The molecular formula is C13H18N2O5S3. The fourth-order valence-corrected chi connectivity index (χ4v) is 6.29. The van der Waals surface area contributed by atoms with Crippen molar-refractivity contribution in [3.8, 4) is 0 Å². The Morgan fingerprint density at radius 2 is 1.96 bits per heavy atom. The molecule has 23 heavy (non-hydrogen) atoms. The maximum absolute atomic E-state index is 11.9. The number of hydrogen-bond donors (Lipinski definition) is 2. The first-order valence-electron chi connectivity index (χ1n) is 6.87. The fourth-order valence-electron chi connectivity index (χ4n) is 2.12. The highest BCUT2D eigenvalue weighted by Crippen LogP contribution is 2.24. The predicted octanol–water partition coefficient (Wildman–Crippen LogP) is 0.453. The van der Waals surface area contributed by atoms with E-state index in [0.717, 1.165) is 0 Å². The van der Waals surface area contributed by atoms with Gasteiger partial charge in [-0.25, -0.2) is 21.6 Å². The molecule has 2 N–H and O–H groups in total. The zero-order valence-electron chi connectivity index (χ0n) is 12.5. The van der Waals surface area contributed by atoms with Gasteiger partial charge in [-0.3, -0.25) is 4.79 Å². The topological polar surface area (TPSA) is 109 Å². The second-order valence-electron chi connectivity index (χ2n) is 5.12. The van der Waals surface area contributed by atoms with Crippen LogP contribution in [-0.2, 0) is 24.7 Å². The zero-order valence-corrected chi connectivity index (χ0v) is 14.9. The van der Waals surface area contributed by atoms with Crippen LogP contribution in [-0.4, -0.2) is 52.3 Å². The van der Waals surface area contributed by atoms with Gasteiger partial charge in [0.05, 0.1) is 22.2 Å². The van der Waals surface area contributed by atoms with Crippen molar-refractivity contribution in [1.29, 1.82) is 0 Å². The number of rotatable bonds is 6. The van der Waals surface area contributed by atoms with Crippen LogP contribution in [0.3, 0.4) is 0 Å². The largest absolute Gasteiger partial charge is 0.325 e. The summed E-state index contributed by atoms with van der Waals surface area (Å²) in [5, 5.41) is 2.63. The smallest absolute Gasteiger partial charge is 0.240 e. The molecule has 7 nitrogen and oxygen atoms in total. The Morgan fingerprint density at radius 1 is 1.30 bits per heavy atom. The summed E-state index contributed by atoms with van der Waals surface area (Å²) in [5.41, 5.74) is 0.490. The minimum absolute atomic E-state index is 0.0334. The molecular weight excluding hydrogens is 360 g/mol. The van der Waals surface area contributed by atoms with Crippen molar-refractivity contribution >= 4 is 43.2 Å². The number of carbonyl (C=O) groups is 1. The summed E-state index contributed by atoms with van der Waals surface area (Å²) >= 11 is 1.33. The molecule has 1 aliphatic rings. The normalized spacial score (nSPS) is 20.3. The number of sulfone groups is 1. The highest BCUT2D eigenvalue weighted by Gasteiger charge is 2.28. The van der Waals surface area contributed by atoms with E-state index in [1.807, 2.05) is 0 Å². The van der Waals surface area contributed by atoms with Gasteiger partial charge in [0.1, 0.15) is 0 Å². The lowest BCUT2D eigenvalue weighted by atomic mass is 10.3. The number of hydrogen-bond acceptors (Lipinski definition) is 6. The molecule has 128 valence electrons. The molecule has 0 radical (unpaired) electrons. The molecule has 0 saturated carbocycles. The molecule has 0 aromatic heterocycles. The van der Waals surface area contributed by atoms with Gasteiger partial charge < -0.3 is 5.32 Å². The lowest BCUT2D eigenvalue weighted by Crippen LogP contribution is -2.19. The number of benzene rings is 1. The van der Waals surface area contributed by atoms with Crippen LogP contribution in [0.5, 0.6) is 0 Å². The highest BCUT2D eigenvalue weighted by atomic mass is 32.2. The Labute approximate surface area is 140 Å². The molecule has 1 atom stereocenters. The van der Waals surface area contributed by atoms with E-state index in [1.54, 1.807) is 0 Å². The first-order chi connectivity index (χ1) is 10.7. The monoisotopic (exact) mass is 378 g/mol.